The molecule has 0 spiro atoms. The first-order valence-corrected chi connectivity index (χ1v) is 7.47. The van der Waals surface area contributed by atoms with Crippen LogP contribution in [0.25, 0.3) is 0 Å². The zero-order valence-electron chi connectivity index (χ0n) is 14.1. The van der Waals surface area contributed by atoms with Crippen LogP contribution in [0.2, 0.25) is 0 Å². The third-order valence-electron chi connectivity index (χ3n) is 5.14. The molecule has 1 amide bonds. The van der Waals surface area contributed by atoms with E-state index in [2.05, 4.69) is 51.9 Å². The van der Waals surface area contributed by atoms with Crippen molar-refractivity contribution < 1.29 is 4.79 Å². The summed E-state index contributed by atoms with van der Waals surface area (Å²) in [4.78, 5) is 14.8. The van der Waals surface area contributed by atoms with Crippen LogP contribution in [0.1, 0.15) is 67.7 Å². The summed E-state index contributed by atoms with van der Waals surface area (Å²) in [7, 11) is 2.19. The monoisotopic (exact) mass is 268 g/mol. The first-order valence-electron chi connectivity index (χ1n) is 7.47. The first kappa shape index (κ1) is 16.5. The van der Waals surface area contributed by atoms with Crippen molar-refractivity contribution in [1.82, 2.24) is 10.2 Å². The molecule has 0 aromatic carbocycles. The van der Waals surface area contributed by atoms with Gasteiger partial charge in [-0.05, 0) is 54.0 Å². The molecular weight excluding hydrogens is 236 g/mol. The van der Waals surface area contributed by atoms with Crippen molar-refractivity contribution in [3.63, 3.8) is 0 Å². The number of carbonyl (C=O) groups is 1. The van der Waals surface area contributed by atoms with Crippen LogP contribution in [-0.4, -0.2) is 35.0 Å². The molecule has 3 nitrogen and oxygen atoms in total. The van der Waals surface area contributed by atoms with Gasteiger partial charge in [-0.3, -0.25) is 9.69 Å². The van der Waals surface area contributed by atoms with Gasteiger partial charge in [0, 0.05) is 22.5 Å². The molecule has 1 N–H and O–H groups in total. The van der Waals surface area contributed by atoms with Gasteiger partial charge in [0.15, 0.2) is 0 Å². The minimum absolute atomic E-state index is 0.121. The molecule has 0 saturated carbocycles. The standard InChI is InChI=1S/C16H32N2O/c1-9-14(2,3)13(19)17-12-10-15(4,5)18(8)16(6,7)11-12/h12H,9-11H2,1-8H3,(H,17,19). The third kappa shape index (κ3) is 3.50. The van der Waals surface area contributed by atoms with E-state index in [1.807, 2.05) is 13.8 Å². The molecule has 3 heteroatoms. The van der Waals surface area contributed by atoms with Gasteiger partial charge >= 0.3 is 0 Å². The van der Waals surface area contributed by atoms with E-state index in [0.29, 0.717) is 0 Å². The smallest absolute Gasteiger partial charge is 0.225 e. The molecule has 1 heterocycles. The Kier molecular flexibility index (Phi) is 4.41. The van der Waals surface area contributed by atoms with E-state index in [-0.39, 0.29) is 28.4 Å². The zero-order chi connectivity index (χ0) is 15.1. The number of hydrogen-bond donors (Lipinski definition) is 1. The molecule has 0 radical (unpaired) electrons. The number of hydrogen-bond acceptors (Lipinski definition) is 2. The molecule has 19 heavy (non-hydrogen) atoms. The number of likely N-dealkylation sites (tertiary alicyclic amines) is 1. The summed E-state index contributed by atoms with van der Waals surface area (Å²) < 4.78 is 0. The van der Waals surface area contributed by atoms with Gasteiger partial charge in [0.2, 0.25) is 5.91 Å². The number of nitrogens with one attached hydrogen (secondary N) is 1. The average Bonchev–Trinajstić information content (AvgIpc) is 2.24. The van der Waals surface area contributed by atoms with Gasteiger partial charge < -0.3 is 5.32 Å². The minimum atomic E-state index is -0.266. The second kappa shape index (κ2) is 5.08. The van der Waals surface area contributed by atoms with E-state index in [9.17, 15) is 4.79 Å². The van der Waals surface area contributed by atoms with Gasteiger partial charge in [0.1, 0.15) is 0 Å². The van der Waals surface area contributed by atoms with E-state index < -0.39 is 0 Å². The van der Waals surface area contributed by atoms with Gasteiger partial charge in [-0.2, -0.15) is 0 Å². The SMILES string of the molecule is CCC(C)(C)C(=O)NC1CC(C)(C)N(C)C(C)(C)C1. The Labute approximate surface area is 119 Å². The highest BCUT2D eigenvalue weighted by Gasteiger charge is 2.44. The van der Waals surface area contributed by atoms with Gasteiger partial charge in [0.05, 0.1) is 0 Å². The number of piperidine rings is 1. The lowest BCUT2D eigenvalue weighted by molar-refractivity contribution is -0.131. The molecular formula is C16H32N2O. The molecule has 0 aliphatic carbocycles. The van der Waals surface area contributed by atoms with Gasteiger partial charge in [-0.15, -0.1) is 0 Å². The predicted octanol–water partition coefficient (Wildman–Crippen LogP) is 3.19. The summed E-state index contributed by atoms with van der Waals surface area (Å²) in [6, 6.07) is 0.277. The topological polar surface area (TPSA) is 32.3 Å². The molecule has 1 saturated heterocycles. The number of amides is 1. The van der Waals surface area contributed by atoms with E-state index in [0.717, 1.165) is 19.3 Å². The van der Waals surface area contributed by atoms with E-state index in [4.69, 9.17) is 0 Å². The number of rotatable bonds is 3. The van der Waals surface area contributed by atoms with Crippen molar-refractivity contribution in [3.05, 3.63) is 0 Å². The van der Waals surface area contributed by atoms with Crippen molar-refractivity contribution in [1.29, 1.82) is 0 Å². The molecule has 0 atom stereocenters. The highest BCUT2D eigenvalue weighted by molar-refractivity contribution is 5.82. The molecule has 0 aromatic rings. The summed E-state index contributed by atoms with van der Waals surface area (Å²) in [6.45, 7) is 15.2. The van der Waals surface area contributed by atoms with Crippen molar-refractivity contribution in [2.45, 2.75) is 84.8 Å². The minimum Gasteiger partial charge on any atom is -0.353 e. The summed E-state index contributed by atoms with van der Waals surface area (Å²) in [5.41, 5.74) is -0.0241. The summed E-state index contributed by atoms with van der Waals surface area (Å²) in [5, 5.41) is 3.28. The Morgan fingerprint density at radius 3 is 2.00 bits per heavy atom. The fourth-order valence-electron chi connectivity index (χ4n) is 3.01. The summed E-state index contributed by atoms with van der Waals surface area (Å²) in [5.74, 6) is 0.191. The van der Waals surface area contributed by atoms with Crippen LogP contribution in [-0.2, 0) is 4.79 Å². The molecule has 0 bridgehead atoms. The Morgan fingerprint density at radius 1 is 1.21 bits per heavy atom. The molecule has 1 fully saturated rings. The normalized spacial score (nSPS) is 24.2. The molecule has 1 aliphatic heterocycles. The fraction of sp³-hybridized carbons (Fsp3) is 0.938. The van der Waals surface area contributed by atoms with Crippen LogP contribution in [0.5, 0.6) is 0 Å². The van der Waals surface area contributed by atoms with Crippen LogP contribution in [0, 0.1) is 5.41 Å². The van der Waals surface area contributed by atoms with Gasteiger partial charge in [-0.1, -0.05) is 20.8 Å². The van der Waals surface area contributed by atoms with Crippen LogP contribution in [0.4, 0.5) is 0 Å². The molecule has 0 aromatic heterocycles. The second-order valence-electron chi connectivity index (χ2n) is 8.00. The Morgan fingerprint density at radius 2 is 1.63 bits per heavy atom. The zero-order valence-corrected chi connectivity index (χ0v) is 14.1. The quantitative estimate of drug-likeness (QED) is 0.852. The second-order valence-corrected chi connectivity index (χ2v) is 8.00. The van der Waals surface area contributed by atoms with Gasteiger partial charge in [0.25, 0.3) is 0 Å². The summed E-state index contributed by atoms with van der Waals surface area (Å²) in [6.07, 6.45) is 2.90. The highest BCUT2D eigenvalue weighted by atomic mass is 16.2. The highest BCUT2D eigenvalue weighted by Crippen LogP contribution is 2.37. The fourth-order valence-corrected chi connectivity index (χ4v) is 3.01. The van der Waals surface area contributed by atoms with Crippen LogP contribution < -0.4 is 5.32 Å². The predicted molar refractivity (Wildman–Crippen MR) is 81.2 cm³/mol. The van der Waals surface area contributed by atoms with Crippen molar-refractivity contribution >= 4 is 5.91 Å². The molecule has 1 aliphatic rings. The van der Waals surface area contributed by atoms with Crippen LogP contribution in [0.15, 0.2) is 0 Å². The average molecular weight is 268 g/mol. The number of nitrogens with zero attached hydrogens (tertiary/aromatic N) is 1. The maximum atomic E-state index is 12.3. The Bertz CT molecular complexity index is 327. The largest absolute Gasteiger partial charge is 0.353 e. The van der Waals surface area contributed by atoms with Crippen molar-refractivity contribution in [3.8, 4) is 0 Å². The first-order chi connectivity index (χ1) is 8.42. The Balaban J connectivity index is 2.79. The summed E-state index contributed by atoms with van der Waals surface area (Å²) >= 11 is 0. The maximum absolute atomic E-state index is 12.3. The maximum Gasteiger partial charge on any atom is 0.225 e. The number of carbonyl (C=O) groups excluding carboxylic acids is 1. The molecule has 1 rings (SSSR count). The van der Waals surface area contributed by atoms with Crippen molar-refractivity contribution in [2.75, 3.05) is 7.05 Å². The van der Waals surface area contributed by atoms with E-state index in [1.54, 1.807) is 0 Å². The van der Waals surface area contributed by atoms with Gasteiger partial charge in [-0.25, -0.2) is 0 Å². The van der Waals surface area contributed by atoms with Crippen molar-refractivity contribution in [2.24, 2.45) is 5.41 Å². The Hall–Kier alpha value is -0.570. The lowest BCUT2D eigenvalue weighted by atomic mass is 9.77. The van der Waals surface area contributed by atoms with Crippen LogP contribution >= 0.6 is 0 Å². The van der Waals surface area contributed by atoms with E-state index >= 15 is 0 Å². The lowest BCUT2D eigenvalue weighted by Gasteiger charge is -2.54. The lowest BCUT2D eigenvalue weighted by Crippen LogP contribution is -2.63. The van der Waals surface area contributed by atoms with Crippen LogP contribution in [0.3, 0.4) is 0 Å². The molecule has 112 valence electrons. The third-order valence-corrected chi connectivity index (χ3v) is 5.14. The molecule has 0 unspecified atom stereocenters. The van der Waals surface area contributed by atoms with E-state index in [1.165, 1.54) is 0 Å².